The van der Waals surface area contributed by atoms with E-state index in [1.54, 1.807) is 13.2 Å². The Morgan fingerprint density at radius 1 is 1.35 bits per heavy atom. The molecular formula is C19H22F2N4O. The highest BCUT2D eigenvalue weighted by Crippen LogP contribution is 2.16. The molecule has 2 heterocycles. The number of likely N-dealkylation sites (tertiary alicyclic amines) is 1. The molecule has 5 nitrogen and oxygen atoms in total. The van der Waals surface area contributed by atoms with Crippen LogP contribution in [-0.2, 0) is 6.42 Å². The van der Waals surface area contributed by atoms with Crippen molar-refractivity contribution >= 4 is 5.96 Å². The van der Waals surface area contributed by atoms with Gasteiger partial charge in [-0.05, 0) is 36.2 Å². The van der Waals surface area contributed by atoms with Crippen molar-refractivity contribution in [3.8, 4) is 5.88 Å². The lowest BCUT2D eigenvalue weighted by atomic mass is 10.1. The van der Waals surface area contributed by atoms with Crippen LogP contribution >= 0.6 is 0 Å². The van der Waals surface area contributed by atoms with Gasteiger partial charge in [0, 0.05) is 38.8 Å². The third kappa shape index (κ3) is 4.68. The fourth-order valence-electron chi connectivity index (χ4n) is 2.98. The lowest BCUT2D eigenvalue weighted by Gasteiger charge is -2.21. The van der Waals surface area contributed by atoms with Gasteiger partial charge >= 0.3 is 0 Å². The summed E-state index contributed by atoms with van der Waals surface area (Å²) in [7, 11) is 1.71. The highest BCUT2D eigenvalue weighted by Gasteiger charge is 2.26. The van der Waals surface area contributed by atoms with Gasteiger partial charge in [0.1, 0.15) is 17.7 Å². The van der Waals surface area contributed by atoms with Crippen LogP contribution in [0, 0.1) is 11.6 Å². The first-order chi connectivity index (χ1) is 12.7. The van der Waals surface area contributed by atoms with Crippen molar-refractivity contribution in [2.45, 2.75) is 18.9 Å². The molecule has 1 unspecified atom stereocenters. The number of nitrogens with one attached hydrogen (secondary N) is 1. The van der Waals surface area contributed by atoms with Gasteiger partial charge in [-0.25, -0.2) is 13.8 Å². The Morgan fingerprint density at radius 3 is 3.00 bits per heavy atom. The number of aromatic nitrogens is 1. The second-order valence-corrected chi connectivity index (χ2v) is 6.10. The maximum absolute atomic E-state index is 13.7. The molecule has 0 amide bonds. The van der Waals surface area contributed by atoms with Gasteiger partial charge < -0.3 is 15.0 Å². The molecule has 1 N–H and O–H groups in total. The van der Waals surface area contributed by atoms with E-state index in [0.717, 1.165) is 31.1 Å². The smallest absolute Gasteiger partial charge is 0.213 e. The third-order valence-corrected chi connectivity index (χ3v) is 4.27. The Hall–Kier alpha value is -2.70. The molecule has 0 radical (unpaired) electrons. The molecule has 1 saturated heterocycles. The van der Waals surface area contributed by atoms with Crippen molar-refractivity contribution < 1.29 is 13.5 Å². The van der Waals surface area contributed by atoms with Crippen molar-refractivity contribution in [3.63, 3.8) is 0 Å². The monoisotopic (exact) mass is 360 g/mol. The maximum Gasteiger partial charge on any atom is 0.213 e. The summed E-state index contributed by atoms with van der Waals surface area (Å²) in [5.41, 5.74) is 0.353. The molecule has 0 saturated carbocycles. The minimum absolute atomic E-state index is 0.0455. The average Bonchev–Trinajstić information content (AvgIpc) is 3.10. The van der Waals surface area contributed by atoms with Gasteiger partial charge in [0.15, 0.2) is 5.96 Å². The number of nitrogens with zero attached hydrogens (tertiary/aromatic N) is 3. The number of aliphatic imine (C=N–C) groups is 1. The third-order valence-electron chi connectivity index (χ3n) is 4.27. The SMILES string of the molecule is CN=C(NCCc1cc(F)ccc1F)N1CCC(Oc2ccccn2)C1. The number of hydrogen-bond acceptors (Lipinski definition) is 3. The molecule has 1 aliphatic rings. The molecule has 0 bridgehead atoms. The van der Waals surface area contributed by atoms with Crippen LogP contribution in [0.1, 0.15) is 12.0 Å². The van der Waals surface area contributed by atoms with E-state index < -0.39 is 11.6 Å². The van der Waals surface area contributed by atoms with Crippen LogP contribution in [0.3, 0.4) is 0 Å². The van der Waals surface area contributed by atoms with Crippen molar-refractivity contribution in [3.05, 3.63) is 59.8 Å². The predicted octanol–water partition coefficient (Wildman–Crippen LogP) is 2.63. The van der Waals surface area contributed by atoms with Crippen LogP contribution in [0.5, 0.6) is 5.88 Å². The minimum atomic E-state index is -0.431. The Kier molecular flexibility index (Phi) is 5.99. The predicted molar refractivity (Wildman–Crippen MR) is 96.3 cm³/mol. The Balaban J connectivity index is 1.49. The molecule has 1 aromatic heterocycles. The Labute approximate surface area is 151 Å². The number of rotatable bonds is 5. The zero-order chi connectivity index (χ0) is 18.4. The molecule has 0 aliphatic carbocycles. The average molecular weight is 360 g/mol. The normalized spacial score (nSPS) is 17.4. The fraction of sp³-hybridized carbons (Fsp3) is 0.368. The van der Waals surface area contributed by atoms with E-state index in [-0.39, 0.29) is 6.10 Å². The summed E-state index contributed by atoms with van der Waals surface area (Å²) in [5, 5.41) is 3.21. The number of ether oxygens (including phenoxy) is 1. The topological polar surface area (TPSA) is 49.8 Å². The fourth-order valence-corrected chi connectivity index (χ4v) is 2.98. The van der Waals surface area contributed by atoms with E-state index in [4.69, 9.17) is 4.74 Å². The number of guanidine groups is 1. The van der Waals surface area contributed by atoms with E-state index in [2.05, 4.69) is 20.2 Å². The van der Waals surface area contributed by atoms with Crippen LogP contribution in [0.4, 0.5) is 8.78 Å². The largest absolute Gasteiger partial charge is 0.472 e. The van der Waals surface area contributed by atoms with E-state index in [0.29, 0.717) is 31.0 Å². The van der Waals surface area contributed by atoms with Crippen LogP contribution in [0.2, 0.25) is 0 Å². The second-order valence-electron chi connectivity index (χ2n) is 6.10. The standard InChI is InChI=1S/C19H22F2N4O/c1-22-19(24-10-7-14-12-15(20)5-6-17(14)21)25-11-8-16(13-25)26-18-4-2-3-9-23-18/h2-6,9,12,16H,7-8,10-11,13H2,1H3,(H,22,24). The van der Waals surface area contributed by atoms with Crippen LogP contribution < -0.4 is 10.1 Å². The summed E-state index contributed by atoms with van der Waals surface area (Å²) < 4.78 is 32.8. The van der Waals surface area contributed by atoms with Gasteiger partial charge in [-0.15, -0.1) is 0 Å². The number of benzene rings is 1. The molecule has 1 fully saturated rings. The summed E-state index contributed by atoms with van der Waals surface area (Å²) in [6, 6.07) is 9.08. The van der Waals surface area contributed by atoms with Gasteiger partial charge in [0.2, 0.25) is 5.88 Å². The highest BCUT2D eigenvalue weighted by molar-refractivity contribution is 5.80. The molecule has 1 atom stereocenters. The molecule has 1 aliphatic heterocycles. The summed E-state index contributed by atoms with van der Waals surface area (Å²) in [6.45, 7) is 1.98. The maximum atomic E-state index is 13.7. The van der Waals surface area contributed by atoms with Crippen molar-refractivity contribution in [1.82, 2.24) is 15.2 Å². The van der Waals surface area contributed by atoms with E-state index >= 15 is 0 Å². The van der Waals surface area contributed by atoms with E-state index in [1.165, 1.54) is 6.07 Å². The lowest BCUT2D eigenvalue weighted by Crippen LogP contribution is -2.41. The number of pyridine rings is 1. The molecule has 138 valence electrons. The first kappa shape index (κ1) is 18.1. The van der Waals surface area contributed by atoms with E-state index in [1.807, 2.05) is 18.2 Å². The van der Waals surface area contributed by atoms with Crippen LogP contribution in [0.25, 0.3) is 0 Å². The molecule has 26 heavy (non-hydrogen) atoms. The molecule has 7 heteroatoms. The zero-order valence-corrected chi connectivity index (χ0v) is 14.7. The van der Waals surface area contributed by atoms with Gasteiger partial charge in [-0.3, -0.25) is 4.99 Å². The van der Waals surface area contributed by atoms with Gasteiger partial charge in [-0.2, -0.15) is 0 Å². The molecule has 3 rings (SSSR count). The summed E-state index contributed by atoms with van der Waals surface area (Å²) >= 11 is 0. The second kappa shape index (κ2) is 8.60. The minimum Gasteiger partial charge on any atom is -0.472 e. The Morgan fingerprint density at radius 2 is 2.23 bits per heavy atom. The van der Waals surface area contributed by atoms with Gasteiger partial charge in [0.25, 0.3) is 0 Å². The van der Waals surface area contributed by atoms with Crippen molar-refractivity contribution in [2.24, 2.45) is 4.99 Å². The van der Waals surface area contributed by atoms with Crippen LogP contribution in [-0.4, -0.2) is 48.6 Å². The molecule has 2 aromatic rings. The van der Waals surface area contributed by atoms with Crippen LogP contribution in [0.15, 0.2) is 47.6 Å². The highest BCUT2D eigenvalue weighted by atomic mass is 19.1. The first-order valence-electron chi connectivity index (χ1n) is 8.63. The van der Waals surface area contributed by atoms with Crippen molar-refractivity contribution in [1.29, 1.82) is 0 Å². The van der Waals surface area contributed by atoms with Gasteiger partial charge in [-0.1, -0.05) is 6.07 Å². The molecular weight excluding hydrogens is 338 g/mol. The van der Waals surface area contributed by atoms with Gasteiger partial charge in [0.05, 0.1) is 6.54 Å². The Bertz CT molecular complexity index is 754. The number of halogens is 2. The molecule has 1 aromatic carbocycles. The lowest BCUT2D eigenvalue weighted by molar-refractivity contribution is 0.205. The first-order valence-corrected chi connectivity index (χ1v) is 8.63. The quantitative estimate of drug-likeness (QED) is 0.658. The zero-order valence-electron chi connectivity index (χ0n) is 14.7. The summed E-state index contributed by atoms with van der Waals surface area (Å²) in [4.78, 5) is 10.5. The summed E-state index contributed by atoms with van der Waals surface area (Å²) in [5.74, 6) is 0.519. The van der Waals surface area contributed by atoms with E-state index in [9.17, 15) is 8.78 Å². The molecule has 0 spiro atoms. The number of hydrogen-bond donors (Lipinski definition) is 1. The summed E-state index contributed by atoms with van der Waals surface area (Å²) in [6.07, 6.45) is 3.00. The van der Waals surface area contributed by atoms with Crippen molar-refractivity contribution in [2.75, 3.05) is 26.7 Å².